The fraction of sp³-hybridized carbons (Fsp3) is 0.929. The largest absolute Gasteiger partial charge is 0.481 e. The number of likely N-dealkylation sites (tertiary alicyclic amines) is 1. The highest BCUT2D eigenvalue weighted by Crippen LogP contribution is 2.19. The number of hydrogen-bond donors (Lipinski definition) is 1. The lowest BCUT2D eigenvalue weighted by Gasteiger charge is -2.31. The summed E-state index contributed by atoms with van der Waals surface area (Å²) in [6.07, 6.45) is 8.46. The molecule has 1 aliphatic rings. The summed E-state index contributed by atoms with van der Waals surface area (Å²) in [5.41, 5.74) is 0. The molecule has 0 saturated carbocycles. The Morgan fingerprint density at radius 3 is 2.18 bits per heavy atom. The summed E-state index contributed by atoms with van der Waals surface area (Å²) in [7, 11) is 0. The Hall–Kier alpha value is -0.570. The van der Waals surface area contributed by atoms with Gasteiger partial charge in [0.05, 0.1) is 0 Å². The van der Waals surface area contributed by atoms with Crippen LogP contribution >= 0.6 is 0 Å². The third kappa shape index (κ3) is 10.3. The van der Waals surface area contributed by atoms with Gasteiger partial charge in [-0.3, -0.25) is 4.79 Å². The normalized spacial score (nSPS) is 17.4. The van der Waals surface area contributed by atoms with E-state index in [2.05, 4.69) is 18.7 Å². The van der Waals surface area contributed by atoms with E-state index >= 15 is 0 Å². The Morgan fingerprint density at radius 1 is 1.24 bits per heavy atom. The molecular weight excluding hydrogens is 214 g/mol. The van der Waals surface area contributed by atoms with Crippen molar-refractivity contribution in [3.63, 3.8) is 0 Å². The van der Waals surface area contributed by atoms with Crippen LogP contribution in [0.25, 0.3) is 0 Å². The van der Waals surface area contributed by atoms with E-state index in [0.29, 0.717) is 0 Å². The topological polar surface area (TPSA) is 40.5 Å². The van der Waals surface area contributed by atoms with Gasteiger partial charge in [0.15, 0.2) is 0 Å². The standard InChI is InChI=1S/C12H25N.C2H4O2/c1-3-5-6-9-13-10-7-12(4-2)8-11-13;1-2(3)4/h12H,3-11H2,1-2H3;1H3,(H,3,4). The lowest BCUT2D eigenvalue weighted by molar-refractivity contribution is -0.134. The van der Waals surface area contributed by atoms with Crippen LogP contribution in [0.4, 0.5) is 0 Å². The van der Waals surface area contributed by atoms with Gasteiger partial charge in [0.25, 0.3) is 5.97 Å². The zero-order chi connectivity index (χ0) is 13.1. The minimum Gasteiger partial charge on any atom is -0.481 e. The first-order valence-corrected chi connectivity index (χ1v) is 7.02. The van der Waals surface area contributed by atoms with Crippen LogP contribution in [-0.4, -0.2) is 35.6 Å². The van der Waals surface area contributed by atoms with Gasteiger partial charge < -0.3 is 10.0 Å². The first-order valence-electron chi connectivity index (χ1n) is 7.02. The van der Waals surface area contributed by atoms with Crippen LogP contribution in [0.15, 0.2) is 0 Å². The molecule has 0 bridgehead atoms. The highest BCUT2D eigenvalue weighted by molar-refractivity contribution is 5.62. The molecule has 0 radical (unpaired) electrons. The second-order valence-corrected chi connectivity index (χ2v) is 4.92. The van der Waals surface area contributed by atoms with Crippen molar-refractivity contribution in [2.45, 2.75) is 59.3 Å². The molecule has 1 rings (SSSR count). The van der Waals surface area contributed by atoms with Crippen LogP contribution < -0.4 is 0 Å². The van der Waals surface area contributed by atoms with E-state index in [1.165, 1.54) is 58.2 Å². The van der Waals surface area contributed by atoms with Gasteiger partial charge in [0.1, 0.15) is 0 Å². The summed E-state index contributed by atoms with van der Waals surface area (Å²) in [5.74, 6) is 0.197. The highest BCUT2D eigenvalue weighted by Gasteiger charge is 2.16. The summed E-state index contributed by atoms with van der Waals surface area (Å²) in [6, 6.07) is 0. The fourth-order valence-electron chi connectivity index (χ4n) is 2.20. The van der Waals surface area contributed by atoms with Crippen molar-refractivity contribution in [1.82, 2.24) is 4.90 Å². The maximum Gasteiger partial charge on any atom is 0.300 e. The number of carboxylic acid groups (broad SMARTS) is 1. The van der Waals surface area contributed by atoms with Crippen molar-refractivity contribution in [3.8, 4) is 0 Å². The zero-order valence-electron chi connectivity index (χ0n) is 11.7. The van der Waals surface area contributed by atoms with Gasteiger partial charge in [-0.15, -0.1) is 0 Å². The second-order valence-electron chi connectivity index (χ2n) is 4.92. The van der Waals surface area contributed by atoms with Gasteiger partial charge in [0, 0.05) is 6.92 Å². The van der Waals surface area contributed by atoms with Crippen molar-refractivity contribution in [1.29, 1.82) is 0 Å². The molecule has 1 fully saturated rings. The Kier molecular flexibility index (Phi) is 10.2. The molecule has 1 saturated heterocycles. The number of piperidine rings is 1. The van der Waals surface area contributed by atoms with E-state index in [9.17, 15) is 0 Å². The molecule has 0 aromatic carbocycles. The number of nitrogens with zero attached hydrogens (tertiary/aromatic N) is 1. The fourth-order valence-corrected chi connectivity index (χ4v) is 2.20. The Morgan fingerprint density at radius 2 is 1.76 bits per heavy atom. The molecule has 0 aliphatic carbocycles. The predicted octanol–water partition coefficient (Wildman–Crippen LogP) is 3.39. The van der Waals surface area contributed by atoms with Gasteiger partial charge in [-0.05, 0) is 44.8 Å². The molecule has 3 heteroatoms. The van der Waals surface area contributed by atoms with Crippen molar-refractivity contribution >= 4 is 5.97 Å². The summed E-state index contributed by atoms with van der Waals surface area (Å²) < 4.78 is 0. The molecule has 0 atom stereocenters. The van der Waals surface area contributed by atoms with Crippen molar-refractivity contribution in [3.05, 3.63) is 0 Å². The number of carboxylic acids is 1. The molecule has 0 spiro atoms. The molecule has 1 aliphatic heterocycles. The van der Waals surface area contributed by atoms with Crippen molar-refractivity contribution in [2.24, 2.45) is 5.92 Å². The number of aliphatic carboxylic acids is 1. The zero-order valence-corrected chi connectivity index (χ0v) is 11.7. The Bertz CT molecular complexity index is 180. The first kappa shape index (κ1) is 16.4. The van der Waals surface area contributed by atoms with E-state index in [-0.39, 0.29) is 0 Å². The summed E-state index contributed by atoms with van der Waals surface area (Å²) in [4.78, 5) is 11.7. The van der Waals surface area contributed by atoms with Gasteiger partial charge in [0.2, 0.25) is 0 Å². The average Bonchev–Trinajstić information content (AvgIpc) is 2.30. The second kappa shape index (κ2) is 10.6. The monoisotopic (exact) mass is 243 g/mol. The molecule has 0 unspecified atom stereocenters. The van der Waals surface area contributed by atoms with Gasteiger partial charge in [-0.2, -0.15) is 0 Å². The molecular formula is C14H29NO2. The van der Waals surface area contributed by atoms with E-state index in [0.717, 1.165) is 12.8 Å². The average molecular weight is 243 g/mol. The van der Waals surface area contributed by atoms with E-state index in [4.69, 9.17) is 9.90 Å². The molecule has 1 N–H and O–H groups in total. The minimum absolute atomic E-state index is 0.833. The van der Waals surface area contributed by atoms with Gasteiger partial charge in [-0.1, -0.05) is 33.1 Å². The van der Waals surface area contributed by atoms with Crippen LogP contribution in [0, 0.1) is 5.92 Å². The molecule has 0 amide bonds. The third-order valence-corrected chi connectivity index (χ3v) is 3.36. The quantitative estimate of drug-likeness (QED) is 0.752. The third-order valence-electron chi connectivity index (χ3n) is 3.36. The molecule has 0 aromatic rings. The van der Waals surface area contributed by atoms with Crippen LogP contribution in [-0.2, 0) is 4.79 Å². The maximum absolute atomic E-state index is 9.00. The molecule has 3 nitrogen and oxygen atoms in total. The number of hydrogen-bond acceptors (Lipinski definition) is 2. The van der Waals surface area contributed by atoms with Crippen LogP contribution in [0.2, 0.25) is 0 Å². The van der Waals surface area contributed by atoms with Crippen molar-refractivity contribution in [2.75, 3.05) is 19.6 Å². The Balaban J connectivity index is 0.000000557. The molecule has 102 valence electrons. The maximum atomic E-state index is 9.00. The van der Waals surface area contributed by atoms with Crippen molar-refractivity contribution < 1.29 is 9.90 Å². The number of carbonyl (C=O) groups is 1. The summed E-state index contributed by atoms with van der Waals surface area (Å²) in [5, 5.41) is 7.42. The highest BCUT2D eigenvalue weighted by atomic mass is 16.4. The smallest absolute Gasteiger partial charge is 0.300 e. The number of unbranched alkanes of at least 4 members (excludes halogenated alkanes) is 2. The minimum atomic E-state index is -0.833. The summed E-state index contributed by atoms with van der Waals surface area (Å²) >= 11 is 0. The summed E-state index contributed by atoms with van der Waals surface area (Å²) in [6.45, 7) is 9.77. The first-order chi connectivity index (χ1) is 8.10. The molecule has 17 heavy (non-hydrogen) atoms. The van der Waals surface area contributed by atoms with Crippen LogP contribution in [0.3, 0.4) is 0 Å². The van der Waals surface area contributed by atoms with Gasteiger partial charge >= 0.3 is 0 Å². The lowest BCUT2D eigenvalue weighted by Crippen LogP contribution is -2.34. The van der Waals surface area contributed by atoms with E-state index < -0.39 is 5.97 Å². The Labute approximate surface area is 106 Å². The van der Waals surface area contributed by atoms with E-state index in [1.807, 2.05) is 0 Å². The molecule has 1 heterocycles. The van der Waals surface area contributed by atoms with E-state index in [1.54, 1.807) is 0 Å². The van der Waals surface area contributed by atoms with Crippen LogP contribution in [0.5, 0.6) is 0 Å². The SMILES string of the molecule is CC(=O)O.CCCCCN1CCC(CC)CC1. The van der Waals surface area contributed by atoms with Gasteiger partial charge in [-0.25, -0.2) is 0 Å². The number of rotatable bonds is 5. The lowest BCUT2D eigenvalue weighted by atomic mass is 9.94. The molecule has 0 aromatic heterocycles. The van der Waals surface area contributed by atoms with Crippen LogP contribution in [0.1, 0.15) is 59.3 Å². The predicted molar refractivity (Wildman–Crippen MR) is 72.3 cm³/mol.